The Hall–Kier alpha value is -5.68. The Bertz CT molecular complexity index is 3410. The minimum Gasteiger partial charge on any atom is -0.457 e. The van der Waals surface area contributed by atoms with Gasteiger partial charge >= 0.3 is 0 Å². The van der Waals surface area contributed by atoms with Crippen molar-refractivity contribution < 1.29 is 4.42 Å². The van der Waals surface area contributed by atoms with Crippen LogP contribution in [-0.4, -0.2) is 133 Å². The summed E-state index contributed by atoms with van der Waals surface area (Å²) in [6.45, 7) is 0. The molecule has 2 heterocycles. The molecule has 0 saturated heterocycles. The summed E-state index contributed by atoms with van der Waals surface area (Å²) in [5.74, 6) is 1.98. The molecule has 0 aliphatic rings. The molecule has 0 saturated carbocycles. The van der Waals surface area contributed by atoms with Crippen molar-refractivity contribution in [3.05, 3.63) is 84.9 Å². The van der Waals surface area contributed by atoms with Crippen molar-refractivity contribution in [2.24, 2.45) is 0 Å². The Labute approximate surface area is 391 Å². The summed E-state index contributed by atoms with van der Waals surface area (Å²) in [7, 11) is 34.1. The highest BCUT2D eigenvalue weighted by atomic mass is 16.3. The maximum Gasteiger partial charge on any atom is 0.164 e. The van der Waals surface area contributed by atoms with Crippen LogP contribution >= 0.6 is 0 Å². The maximum atomic E-state index is 7.17. The molecule has 290 valence electrons. The highest BCUT2D eigenvalue weighted by Gasteiger charge is 2.28. The van der Waals surface area contributed by atoms with E-state index >= 15 is 0 Å². The van der Waals surface area contributed by atoms with Gasteiger partial charge in [0.25, 0.3) is 0 Å². The Kier molecular flexibility index (Phi) is 11.2. The van der Waals surface area contributed by atoms with Gasteiger partial charge in [0.1, 0.15) is 129 Å². The molecule has 19 heteroatoms. The van der Waals surface area contributed by atoms with Crippen molar-refractivity contribution in [2.75, 3.05) is 0 Å². The second kappa shape index (κ2) is 16.4. The lowest BCUT2D eigenvalue weighted by molar-refractivity contribution is 0.675. The molecule has 4 nitrogen and oxygen atoms in total. The monoisotopic (exact) mass is 807 g/mol. The highest BCUT2D eigenvalue weighted by molar-refractivity contribution is 6.72. The normalized spacial score (nSPS) is 11.4. The minimum absolute atomic E-state index is 0.649. The predicted molar refractivity (Wildman–Crippen MR) is 322 cm³/mol. The van der Waals surface area contributed by atoms with E-state index in [1.54, 1.807) is 0 Å². The second-order valence-corrected chi connectivity index (χ2v) is 18.4. The highest BCUT2D eigenvalue weighted by Crippen LogP contribution is 2.30. The Morgan fingerprint density at radius 1 is 0.250 bits per heavy atom. The van der Waals surface area contributed by atoms with E-state index in [2.05, 4.69) is 178 Å². The van der Waals surface area contributed by atoms with Gasteiger partial charge in [0.15, 0.2) is 17.5 Å². The average molecular weight is 805 g/mol. The Balaban J connectivity index is 1.28. The summed E-state index contributed by atoms with van der Waals surface area (Å²) in [6.07, 6.45) is 0. The first-order valence-electron chi connectivity index (χ1n) is 22.6. The third-order valence-corrected chi connectivity index (χ3v) is 15.2. The van der Waals surface area contributed by atoms with E-state index in [1.165, 1.54) is 110 Å². The lowest BCUT2D eigenvalue weighted by atomic mass is 9.57. The van der Waals surface area contributed by atoms with Crippen LogP contribution in [0, 0.1) is 0 Å². The van der Waals surface area contributed by atoms with Crippen LogP contribution in [0.4, 0.5) is 0 Å². The molecule has 0 aliphatic heterocycles. The van der Waals surface area contributed by atoms with Crippen LogP contribution in [0.3, 0.4) is 0 Å². The number of fused-ring (bicyclic) bond motifs is 3. The molecule has 9 aromatic rings. The van der Waals surface area contributed by atoms with Crippen LogP contribution in [0.2, 0.25) is 0 Å². The predicted octanol–water partition coefficient (Wildman–Crippen LogP) is -14.4. The van der Waals surface area contributed by atoms with E-state index in [9.17, 15) is 0 Å². The molecule has 0 spiro atoms. The topological polar surface area (TPSA) is 51.8 Å². The summed E-state index contributed by atoms with van der Waals surface area (Å²) in [5.41, 5.74) is 31.5. The van der Waals surface area contributed by atoms with Crippen molar-refractivity contribution >= 4 is 222 Å². The van der Waals surface area contributed by atoms with Gasteiger partial charge < -0.3 is 4.42 Å². The van der Waals surface area contributed by atoms with Crippen molar-refractivity contribution in [1.29, 1.82) is 0 Å². The molecule has 0 radical (unpaired) electrons. The number of furan rings is 1. The van der Waals surface area contributed by atoms with E-state index in [-0.39, 0.29) is 0 Å². The van der Waals surface area contributed by atoms with Crippen LogP contribution in [0.25, 0.3) is 89.5 Å². The molecule has 64 heavy (non-hydrogen) atoms. The maximum absolute atomic E-state index is 7.17. The zero-order valence-corrected chi connectivity index (χ0v) is 40.3. The molecule has 2 aromatic heterocycles. The average Bonchev–Trinajstić information content (AvgIpc) is 3.73. The number of hydrogen-bond acceptors (Lipinski definition) is 4. The molecule has 0 amide bonds. The smallest absolute Gasteiger partial charge is 0.164 e. The number of hydrogen-bond donors (Lipinski definition) is 0. The minimum atomic E-state index is 0.649. The van der Waals surface area contributed by atoms with E-state index in [0.29, 0.717) is 17.5 Å². The fraction of sp³-hybridized carbons (Fsp3) is 0. The molecule has 0 aliphatic carbocycles. The fourth-order valence-corrected chi connectivity index (χ4v) is 10.7. The number of nitrogens with zero attached hydrogens (tertiary/aromatic N) is 3. The number of aromatic nitrogens is 3. The standard InChI is InChI=1S/C45H44B15N3O/c46-26-19(21-30(50)37(57)39(59)38(58)31(21)51)32(52)40(60)42-23(26)24-33(53)28(48)22(35(55)41(24)64-42)20-27(47)25(34(54)36(56)29(20)49)45-62-43(17-9-5-2-6-10-17)61-44(63-45)18-13-11-16(12-14-18)15-7-3-1-4-8-15/h1-14H,46-60H2. The molecule has 0 atom stereocenters. The number of benzene rings is 7. The molecule has 0 bridgehead atoms. The van der Waals surface area contributed by atoms with Gasteiger partial charge in [-0.1, -0.05) is 140 Å². The molecule has 0 fully saturated rings. The summed E-state index contributed by atoms with van der Waals surface area (Å²) >= 11 is 0. The van der Waals surface area contributed by atoms with Gasteiger partial charge in [-0.25, -0.2) is 15.0 Å². The molecular weight excluding hydrogens is 761 g/mol. The second-order valence-electron chi connectivity index (χ2n) is 18.4. The SMILES string of the molecule is Bc1c(B)c(B)c(-c2c(B)c(B)c3oc4c(B)c(-c5c(B)c(B)c(B)c(-c6nc(-c7ccccc7)nc(-c7ccc(-c8ccccc8)cc7)n6)c5B)c(B)c(B)c4c3c2B)c(B)c1B. The van der Waals surface area contributed by atoms with E-state index in [1.807, 2.05) is 24.3 Å². The van der Waals surface area contributed by atoms with E-state index in [4.69, 9.17) is 19.4 Å². The van der Waals surface area contributed by atoms with Gasteiger partial charge in [-0.2, -0.15) is 0 Å². The van der Waals surface area contributed by atoms with Gasteiger partial charge in [0.2, 0.25) is 0 Å². The molecule has 0 unspecified atom stereocenters. The van der Waals surface area contributed by atoms with Gasteiger partial charge in [0.05, 0.1) is 0 Å². The first kappa shape index (κ1) is 43.6. The summed E-state index contributed by atoms with van der Waals surface area (Å²) in [6, 6.07) is 29.3. The van der Waals surface area contributed by atoms with Crippen molar-refractivity contribution in [3.8, 4) is 67.5 Å². The van der Waals surface area contributed by atoms with Gasteiger partial charge in [0, 0.05) is 27.5 Å². The van der Waals surface area contributed by atoms with Crippen LogP contribution in [0.1, 0.15) is 0 Å². The largest absolute Gasteiger partial charge is 0.457 e. The van der Waals surface area contributed by atoms with Gasteiger partial charge in [-0.3, -0.25) is 0 Å². The lowest BCUT2D eigenvalue weighted by Crippen LogP contribution is -2.56. The first-order chi connectivity index (χ1) is 30.5. The molecule has 0 N–H and O–H groups in total. The number of rotatable bonds is 6. The van der Waals surface area contributed by atoms with E-state index in [0.717, 1.165) is 44.3 Å². The van der Waals surface area contributed by atoms with Crippen molar-refractivity contribution in [3.63, 3.8) is 0 Å². The van der Waals surface area contributed by atoms with Crippen LogP contribution < -0.4 is 81.9 Å². The van der Waals surface area contributed by atoms with Crippen molar-refractivity contribution in [1.82, 2.24) is 15.0 Å². The van der Waals surface area contributed by atoms with Crippen LogP contribution in [0.5, 0.6) is 0 Å². The first-order valence-corrected chi connectivity index (χ1v) is 22.6. The zero-order chi connectivity index (χ0) is 45.6. The molecule has 7 aromatic carbocycles. The lowest BCUT2D eigenvalue weighted by Gasteiger charge is -2.26. The van der Waals surface area contributed by atoms with Gasteiger partial charge in [-0.15, -0.1) is 21.9 Å². The summed E-state index contributed by atoms with van der Waals surface area (Å²) in [5, 5.41) is 2.45. The molecule has 9 rings (SSSR count). The molecular formula is C45H44B15N3O. The summed E-state index contributed by atoms with van der Waals surface area (Å²) < 4.78 is 7.17. The Morgan fingerprint density at radius 2 is 0.578 bits per heavy atom. The Morgan fingerprint density at radius 3 is 1.14 bits per heavy atom. The quantitative estimate of drug-likeness (QED) is 0.157. The zero-order valence-electron chi connectivity index (χ0n) is 40.3. The van der Waals surface area contributed by atoms with E-state index < -0.39 is 0 Å². The van der Waals surface area contributed by atoms with Crippen molar-refractivity contribution in [2.45, 2.75) is 0 Å². The van der Waals surface area contributed by atoms with Crippen LogP contribution in [0.15, 0.2) is 89.3 Å². The fourth-order valence-electron chi connectivity index (χ4n) is 10.7. The van der Waals surface area contributed by atoms with Crippen LogP contribution in [-0.2, 0) is 0 Å². The summed E-state index contributed by atoms with van der Waals surface area (Å²) in [4.78, 5) is 15.7. The van der Waals surface area contributed by atoms with Gasteiger partial charge in [-0.05, 0) is 38.8 Å². The third-order valence-electron chi connectivity index (χ3n) is 15.2. The third kappa shape index (κ3) is 6.71.